The van der Waals surface area contributed by atoms with Gasteiger partial charge in [-0.2, -0.15) is 0 Å². The van der Waals surface area contributed by atoms with Gasteiger partial charge in [0.15, 0.2) is 5.69 Å². The highest BCUT2D eigenvalue weighted by Crippen LogP contribution is 2.26. The van der Waals surface area contributed by atoms with E-state index < -0.39 is 5.97 Å². The molecule has 0 saturated carbocycles. The van der Waals surface area contributed by atoms with E-state index in [4.69, 9.17) is 16.7 Å². The minimum Gasteiger partial charge on any atom is -0.476 e. The van der Waals surface area contributed by atoms with Crippen molar-refractivity contribution in [3.8, 4) is 0 Å². The molecule has 2 aromatic heterocycles. The largest absolute Gasteiger partial charge is 0.476 e. The molecule has 1 aliphatic heterocycles. The summed E-state index contributed by atoms with van der Waals surface area (Å²) in [7, 11) is 0. The third kappa shape index (κ3) is 3.48. The van der Waals surface area contributed by atoms with E-state index in [9.17, 15) is 9.59 Å². The van der Waals surface area contributed by atoms with Gasteiger partial charge in [-0.05, 0) is 12.8 Å². The molecule has 0 atom stereocenters. The SMILES string of the molecule is O=C(O)c1cnc(C(=O)N2CCC(c3ncc(Cl)cn3)CC2)cn1. The summed E-state index contributed by atoms with van der Waals surface area (Å²) in [6.07, 6.45) is 6.91. The number of halogens is 1. The number of piperidine rings is 1. The first kappa shape index (κ1) is 16.3. The van der Waals surface area contributed by atoms with Gasteiger partial charge < -0.3 is 10.0 Å². The average molecular weight is 348 g/mol. The number of carbonyl (C=O) groups is 2. The van der Waals surface area contributed by atoms with Crippen molar-refractivity contribution in [3.63, 3.8) is 0 Å². The summed E-state index contributed by atoms with van der Waals surface area (Å²) in [5, 5.41) is 9.29. The summed E-state index contributed by atoms with van der Waals surface area (Å²) in [6.45, 7) is 1.11. The van der Waals surface area contributed by atoms with Crippen LogP contribution >= 0.6 is 11.6 Å². The zero-order chi connectivity index (χ0) is 17.1. The quantitative estimate of drug-likeness (QED) is 0.898. The molecule has 0 unspecified atom stereocenters. The van der Waals surface area contributed by atoms with Crippen LogP contribution in [0.3, 0.4) is 0 Å². The van der Waals surface area contributed by atoms with Crippen molar-refractivity contribution in [2.75, 3.05) is 13.1 Å². The van der Waals surface area contributed by atoms with Crippen LogP contribution in [0.25, 0.3) is 0 Å². The second-order valence-corrected chi connectivity index (χ2v) is 5.85. The van der Waals surface area contributed by atoms with E-state index in [1.54, 1.807) is 17.3 Å². The van der Waals surface area contributed by atoms with E-state index >= 15 is 0 Å². The first-order valence-corrected chi connectivity index (χ1v) is 7.74. The number of carboxylic acids is 1. The van der Waals surface area contributed by atoms with Crippen molar-refractivity contribution in [1.29, 1.82) is 0 Å². The molecule has 1 N–H and O–H groups in total. The molecule has 1 fully saturated rings. The summed E-state index contributed by atoms with van der Waals surface area (Å²) >= 11 is 5.79. The van der Waals surface area contributed by atoms with E-state index in [2.05, 4.69) is 19.9 Å². The molecule has 3 rings (SSSR count). The third-order valence-corrected chi connectivity index (χ3v) is 4.07. The Labute approximate surface area is 142 Å². The Hall–Kier alpha value is -2.61. The van der Waals surface area contributed by atoms with E-state index in [0.717, 1.165) is 24.9 Å². The van der Waals surface area contributed by atoms with Crippen LogP contribution in [-0.2, 0) is 0 Å². The van der Waals surface area contributed by atoms with Crippen molar-refractivity contribution in [2.45, 2.75) is 18.8 Å². The first-order chi connectivity index (χ1) is 11.5. The molecule has 1 saturated heterocycles. The number of likely N-dealkylation sites (tertiary alicyclic amines) is 1. The number of aromatic nitrogens is 4. The lowest BCUT2D eigenvalue weighted by Crippen LogP contribution is -2.38. The van der Waals surface area contributed by atoms with E-state index in [0.29, 0.717) is 18.1 Å². The highest BCUT2D eigenvalue weighted by Gasteiger charge is 2.26. The maximum atomic E-state index is 12.4. The van der Waals surface area contributed by atoms with Crippen LogP contribution in [0.2, 0.25) is 5.02 Å². The topological polar surface area (TPSA) is 109 Å². The lowest BCUT2D eigenvalue weighted by atomic mass is 9.96. The molecule has 1 amide bonds. The standard InChI is InChI=1S/C15H14ClN5O3/c16-10-5-19-13(20-6-10)9-1-3-21(4-2-9)14(22)11-7-18-12(8-17-11)15(23)24/h5-9H,1-4H2,(H,23,24). The number of nitrogens with zero attached hydrogens (tertiary/aromatic N) is 5. The van der Waals surface area contributed by atoms with Crippen LogP contribution in [-0.4, -0.2) is 54.9 Å². The number of carboxylic acid groups (broad SMARTS) is 1. The average Bonchev–Trinajstić information content (AvgIpc) is 2.62. The molecule has 9 heteroatoms. The fourth-order valence-corrected chi connectivity index (χ4v) is 2.68. The number of hydrogen-bond acceptors (Lipinski definition) is 6. The molecule has 3 heterocycles. The highest BCUT2D eigenvalue weighted by molar-refractivity contribution is 6.30. The Kier molecular flexibility index (Phi) is 4.66. The molecule has 0 spiro atoms. The lowest BCUT2D eigenvalue weighted by Gasteiger charge is -2.31. The Morgan fingerprint density at radius 3 is 2.12 bits per heavy atom. The normalized spacial score (nSPS) is 15.3. The van der Waals surface area contributed by atoms with Crippen LogP contribution in [0, 0.1) is 0 Å². The van der Waals surface area contributed by atoms with Gasteiger partial charge >= 0.3 is 5.97 Å². The Morgan fingerprint density at radius 2 is 1.58 bits per heavy atom. The third-order valence-electron chi connectivity index (χ3n) is 3.88. The van der Waals surface area contributed by atoms with Gasteiger partial charge in [-0.25, -0.2) is 24.7 Å². The predicted molar refractivity (Wildman–Crippen MR) is 83.9 cm³/mol. The van der Waals surface area contributed by atoms with Crippen molar-refractivity contribution in [3.05, 3.63) is 47.0 Å². The molecule has 1 aliphatic rings. The van der Waals surface area contributed by atoms with Gasteiger partial charge in [0, 0.05) is 31.4 Å². The smallest absolute Gasteiger partial charge is 0.356 e. The van der Waals surface area contributed by atoms with Crippen molar-refractivity contribution in [1.82, 2.24) is 24.8 Å². The minimum absolute atomic E-state index is 0.140. The lowest BCUT2D eigenvalue weighted by molar-refractivity contribution is 0.0678. The molecule has 0 aromatic carbocycles. The van der Waals surface area contributed by atoms with Gasteiger partial charge in [-0.3, -0.25) is 4.79 Å². The molecule has 24 heavy (non-hydrogen) atoms. The Balaban J connectivity index is 1.62. The summed E-state index contributed by atoms with van der Waals surface area (Å²) in [4.78, 5) is 40.9. The van der Waals surface area contributed by atoms with E-state index in [-0.39, 0.29) is 23.2 Å². The number of amides is 1. The summed E-state index contributed by atoms with van der Waals surface area (Å²) < 4.78 is 0. The number of carbonyl (C=O) groups excluding carboxylic acids is 1. The van der Waals surface area contributed by atoms with Crippen molar-refractivity contribution in [2.24, 2.45) is 0 Å². The summed E-state index contributed by atoms with van der Waals surface area (Å²) in [5.74, 6) is -0.510. The van der Waals surface area contributed by atoms with Gasteiger partial charge in [0.25, 0.3) is 5.91 Å². The fraction of sp³-hybridized carbons (Fsp3) is 0.333. The van der Waals surface area contributed by atoms with Gasteiger partial charge in [0.2, 0.25) is 0 Å². The van der Waals surface area contributed by atoms with Gasteiger partial charge in [-0.15, -0.1) is 0 Å². The van der Waals surface area contributed by atoms with Crippen LogP contribution in [0.5, 0.6) is 0 Å². The Morgan fingerprint density at radius 1 is 1.00 bits per heavy atom. The van der Waals surface area contributed by atoms with E-state index in [1.165, 1.54) is 6.20 Å². The van der Waals surface area contributed by atoms with Gasteiger partial charge in [0.1, 0.15) is 11.5 Å². The van der Waals surface area contributed by atoms with Crippen LogP contribution < -0.4 is 0 Å². The second-order valence-electron chi connectivity index (χ2n) is 5.42. The molecular formula is C15H14ClN5O3. The van der Waals surface area contributed by atoms with Crippen LogP contribution in [0.1, 0.15) is 45.6 Å². The molecule has 0 aliphatic carbocycles. The number of rotatable bonds is 3. The van der Waals surface area contributed by atoms with Crippen LogP contribution in [0.4, 0.5) is 0 Å². The van der Waals surface area contributed by atoms with Gasteiger partial charge in [-0.1, -0.05) is 11.6 Å². The van der Waals surface area contributed by atoms with Crippen LogP contribution in [0.15, 0.2) is 24.8 Å². The highest BCUT2D eigenvalue weighted by atomic mass is 35.5. The second kappa shape index (κ2) is 6.88. The first-order valence-electron chi connectivity index (χ1n) is 7.36. The number of hydrogen-bond donors (Lipinski definition) is 1. The van der Waals surface area contributed by atoms with E-state index in [1.807, 2.05) is 0 Å². The Bertz CT molecular complexity index is 743. The summed E-state index contributed by atoms with van der Waals surface area (Å²) in [5.41, 5.74) is -0.0497. The zero-order valence-corrected chi connectivity index (χ0v) is 13.3. The predicted octanol–water partition coefficient (Wildman–Crippen LogP) is 1.64. The maximum absolute atomic E-state index is 12.4. The number of aromatic carboxylic acids is 1. The monoisotopic (exact) mass is 347 g/mol. The molecule has 0 bridgehead atoms. The van der Waals surface area contributed by atoms with Crippen molar-refractivity contribution >= 4 is 23.5 Å². The van der Waals surface area contributed by atoms with Crippen molar-refractivity contribution < 1.29 is 14.7 Å². The van der Waals surface area contributed by atoms with Gasteiger partial charge in [0.05, 0.1) is 17.4 Å². The molecule has 124 valence electrons. The molecule has 8 nitrogen and oxygen atoms in total. The molecule has 2 aromatic rings. The minimum atomic E-state index is -1.18. The fourth-order valence-electron chi connectivity index (χ4n) is 2.58. The summed E-state index contributed by atoms with van der Waals surface area (Å²) in [6, 6.07) is 0. The maximum Gasteiger partial charge on any atom is 0.356 e. The zero-order valence-electron chi connectivity index (χ0n) is 12.6. The molecule has 0 radical (unpaired) electrons. The molecular weight excluding hydrogens is 334 g/mol.